The first-order valence-corrected chi connectivity index (χ1v) is 15.2. The van der Waals surface area contributed by atoms with E-state index in [1.165, 1.54) is 11.1 Å². The van der Waals surface area contributed by atoms with Crippen molar-refractivity contribution in [3.8, 4) is 0 Å². The topological polar surface area (TPSA) is 0 Å². The lowest BCUT2D eigenvalue weighted by molar-refractivity contribution is -0.0142. The van der Waals surface area contributed by atoms with E-state index in [0.29, 0.717) is 29.6 Å². The SMILES string of the molecule is CC(C)c1ccccc1C1=C(P(C(C)(C)C)C(C)(C)C)C(C)C(C)(C(C)C)C(C)C1(C)C(C)C. The Balaban J connectivity index is 3.26. The van der Waals surface area contributed by atoms with E-state index in [4.69, 9.17) is 0 Å². The summed E-state index contributed by atoms with van der Waals surface area (Å²) in [6.07, 6.45) is 0. The fourth-order valence-corrected chi connectivity index (χ4v) is 12.2. The number of rotatable bonds is 5. The molecule has 34 heavy (non-hydrogen) atoms. The number of hydrogen-bond donors (Lipinski definition) is 0. The van der Waals surface area contributed by atoms with Crippen LogP contribution in [0.3, 0.4) is 0 Å². The van der Waals surface area contributed by atoms with Crippen molar-refractivity contribution in [2.45, 2.75) is 127 Å². The van der Waals surface area contributed by atoms with Gasteiger partial charge in [0.05, 0.1) is 0 Å². The van der Waals surface area contributed by atoms with Gasteiger partial charge in [-0.1, -0.05) is 143 Å². The predicted molar refractivity (Wildman–Crippen MR) is 158 cm³/mol. The Morgan fingerprint density at radius 3 is 1.62 bits per heavy atom. The van der Waals surface area contributed by atoms with Crippen molar-refractivity contribution < 1.29 is 0 Å². The van der Waals surface area contributed by atoms with Gasteiger partial charge in [-0.2, -0.15) is 0 Å². The van der Waals surface area contributed by atoms with Gasteiger partial charge in [0.2, 0.25) is 0 Å². The Hall–Kier alpha value is -0.610. The number of benzene rings is 1. The largest absolute Gasteiger partial charge is 0.0681 e. The summed E-state index contributed by atoms with van der Waals surface area (Å²) in [5.74, 6) is 2.85. The Morgan fingerprint density at radius 1 is 0.765 bits per heavy atom. The minimum atomic E-state index is -0.401. The maximum Gasteiger partial charge on any atom is -0.00119 e. The zero-order valence-electron chi connectivity index (χ0n) is 25.6. The fourth-order valence-electron chi connectivity index (χ4n) is 7.50. The molecule has 0 aliphatic heterocycles. The molecule has 1 aromatic rings. The summed E-state index contributed by atoms with van der Waals surface area (Å²) in [6, 6.07) is 9.39. The smallest absolute Gasteiger partial charge is 0.00119 e. The maximum atomic E-state index is 2.63. The van der Waals surface area contributed by atoms with E-state index < -0.39 is 7.92 Å². The molecule has 0 amide bonds. The highest BCUT2D eigenvalue weighted by atomic mass is 31.1. The quantitative estimate of drug-likeness (QED) is 0.364. The van der Waals surface area contributed by atoms with Crippen LogP contribution >= 0.6 is 7.92 Å². The van der Waals surface area contributed by atoms with E-state index in [2.05, 4.69) is 135 Å². The summed E-state index contributed by atoms with van der Waals surface area (Å²) in [5, 5.41) is 2.30. The van der Waals surface area contributed by atoms with Crippen molar-refractivity contribution in [1.29, 1.82) is 0 Å². The minimum Gasteiger partial charge on any atom is -0.0681 e. The lowest BCUT2D eigenvalue weighted by Gasteiger charge is -2.62. The molecule has 1 aliphatic rings. The van der Waals surface area contributed by atoms with E-state index in [9.17, 15) is 0 Å². The minimum absolute atomic E-state index is 0.114. The third-order valence-corrected chi connectivity index (χ3v) is 13.6. The van der Waals surface area contributed by atoms with Gasteiger partial charge < -0.3 is 0 Å². The summed E-state index contributed by atoms with van der Waals surface area (Å²) >= 11 is 0. The zero-order chi connectivity index (χ0) is 26.6. The van der Waals surface area contributed by atoms with Crippen molar-refractivity contribution in [1.82, 2.24) is 0 Å². The first-order valence-electron chi connectivity index (χ1n) is 13.9. The standard InChI is InChI=1S/C33H57P/c1-21(2)26-19-17-18-20-27(26)28-29(34(30(9,10)11)31(12,13)14)24(7)32(15,22(3)4)25(8)33(28,16)23(5)6/h17-25H,1-16H3. The molecule has 0 bridgehead atoms. The second-order valence-corrected chi connectivity index (χ2v) is 18.4. The molecular formula is C33H57P. The van der Waals surface area contributed by atoms with E-state index in [1.54, 1.807) is 5.57 Å². The van der Waals surface area contributed by atoms with Crippen molar-refractivity contribution in [2.24, 2.45) is 34.5 Å². The molecule has 0 aromatic heterocycles. The molecule has 194 valence electrons. The van der Waals surface area contributed by atoms with Gasteiger partial charge in [0.25, 0.3) is 0 Å². The Labute approximate surface area is 215 Å². The monoisotopic (exact) mass is 484 g/mol. The molecule has 0 nitrogen and oxygen atoms in total. The van der Waals surface area contributed by atoms with Crippen LogP contribution in [0.4, 0.5) is 0 Å². The van der Waals surface area contributed by atoms with Gasteiger partial charge in [0.1, 0.15) is 0 Å². The van der Waals surface area contributed by atoms with Crippen LogP contribution in [0.15, 0.2) is 29.6 Å². The molecule has 0 fully saturated rings. The van der Waals surface area contributed by atoms with E-state index >= 15 is 0 Å². The molecule has 0 radical (unpaired) electrons. The van der Waals surface area contributed by atoms with Crippen LogP contribution in [-0.4, -0.2) is 10.3 Å². The normalized spacial score (nSPS) is 29.2. The highest BCUT2D eigenvalue weighted by molar-refractivity contribution is 7.65. The van der Waals surface area contributed by atoms with Crippen LogP contribution in [-0.2, 0) is 0 Å². The predicted octanol–water partition coefficient (Wildman–Crippen LogP) is 11.2. The number of hydrogen-bond acceptors (Lipinski definition) is 0. The summed E-state index contributed by atoms with van der Waals surface area (Å²) in [7, 11) is -0.401. The Morgan fingerprint density at radius 2 is 1.24 bits per heavy atom. The first-order chi connectivity index (χ1) is 15.2. The molecule has 0 saturated carbocycles. The first kappa shape index (κ1) is 29.6. The Kier molecular flexibility index (Phi) is 8.44. The lowest BCUT2D eigenvalue weighted by Crippen LogP contribution is -2.53. The van der Waals surface area contributed by atoms with E-state index in [-0.39, 0.29) is 21.1 Å². The molecule has 0 saturated heterocycles. The third-order valence-electron chi connectivity index (χ3n) is 9.85. The van der Waals surface area contributed by atoms with E-state index in [0.717, 1.165) is 0 Å². The molecule has 0 heterocycles. The van der Waals surface area contributed by atoms with E-state index in [1.807, 2.05) is 5.31 Å². The summed E-state index contributed by atoms with van der Waals surface area (Å²) in [5.41, 5.74) is 5.13. The second-order valence-electron chi connectivity index (χ2n) is 14.6. The van der Waals surface area contributed by atoms with Gasteiger partial charge in [-0.25, -0.2) is 0 Å². The van der Waals surface area contributed by atoms with Crippen molar-refractivity contribution >= 4 is 13.5 Å². The average molecular weight is 485 g/mol. The highest BCUT2D eigenvalue weighted by Gasteiger charge is 2.59. The molecule has 1 heteroatoms. The third kappa shape index (κ3) is 4.72. The van der Waals surface area contributed by atoms with Gasteiger partial charge in [0.15, 0.2) is 0 Å². The van der Waals surface area contributed by atoms with Crippen molar-refractivity contribution in [3.05, 3.63) is 40.7 Å². The van der Waals surface area contributed by atoms with Gasteiger partial charge in [-0.15, -0.1) is 0 Å². The van der Waals surface area contributed by atoms with Gasteiger partial charge >= 0.3 is 0 Å². The molecule has 4 atom stereocenters. The van der Waals surface area contributed by atoms with Crippen LogP contribution < -0.4 is 0 Å². The molecule has 4 unspecified atom stereocenters. The fraction of sp³-hybridized carbons (Fsp3) is 0.758. The van der Waals surface area contributed by atoms with Crippen LogP contribution in [0.25, 0.3) is 5.57 Å². The molecule has 1 aromatic carbocycles. The van der Waals surface area contributed by atoms with Gasteiger partial charge in [-0.3, -0.25) is 0 Å². The van der Waals surface area contributed by atoms with Gasteiger partial charge in [-0.05, 0) is 72.7 Å². The zero-order valence-corrected chi connectivity index (χ0v) is 26.5. The molecule has 0 spiro atoms. The number of allylic oxidation sites excluding steroid dienone is 2. The summed E-state index contributed by atoms with van der Waals surface area (Å²) < 4.78 is 0. The van der Waals surface area contributed by atoms with Crippen LogP contribution in [0, 0.1) is 34.5 Å². The van der Waals surface area contributed by atoms with Crippen molar-refractivity contribution in [2.75, 3.05) is 0 Å². The molecule has 2 rings (SSSR count). The highest BCUT2D eigenvalue weighted by Crippen LogP contribution is 2.76. The lowest BCUT2D eigenvalue weighted by atomic mass is 9.46. The van der Waals surface area contributed by atoms with Crippen LogP contribution in [0.5, 0.6) is 0 Å². The molecular weight excluding hydrogens is 427 g/mol. The average Bonchev–Trinajstić information content (AvgIpc) is 2.68. The van der Waals surface area contributed by atoms with Crippen LogP contribution in [0.2, 0.25) is 0 Å². The molecule has 1 aliphatic carbocycles. The second kappa shape index (κ2) is 9.69. The maximum absolute atomic E-state index is 2.63. The van der Waals surface area contributed by atoms with Gasteiger partial charge in [0, 0.05) is 0 Å². The summed E-state index contributed by atoms with van der Waals surface area (Å²) in [4.78, 5) is 0. The Bertz CT molecular complexity index is 874. The molecule has 0 N–H and O–H groups in total. The van der Waals surface area contributed by atoms with Crippen LogP contribution in [0.1, 0.15) is 128 Å². The summed E-state index contributed by atoms with van der Waals surface area (Å²) in [6.45, 7) is 40.1. The van der Waals surface area contributed by atoms with Crippen molar-refractivity contribution in [3.63, 3.8) is 0 Å².